The smallest absolute Gasteiger partial charge is 0.323 e. The molecule has 0 spiro atoms. The molecule has 0 aliphatic carbocycles. The summed E-state index contributed by atoms with van der Waals surface area (Å²) in [5, 5.41) is 3.37. The number of nitrogens with one attached hydrogen (secondary N) is 1. The number of carbonyl (C=O) groups excluding carboxylic acids is 1. The van der Waals surface area contributed by atoms with Crippen molar-refractivity contribution >= 4 is 5.97 Å². The van der Waals surface area contributed by atoms with Gasteiger partial charge in [-0.05, 0) is 46.0 Å². The molecule has 1 heterocycles. The molecule has 130 valence electrons. The maximum atomic E-state index is 12.5. The molecule has 0 aliphatic heterocycles. The Hall–Kier alpha value is -1.49. The van der Waals surface area contributed by atoms with E-state index in [0.29, 0.717) is 0 Å². The van der Waals surface area contributed by atoms with Gasteiger partial charge in [0.25, 0.3) is 0 Å². The normalized spacial score (nSPS) is 15.1. The van der Waals surface area contributed by atoms with Crippen molar-refractivity contribution in [3.8, 4) is 0 Å². The molecular formula is C18H31N3O2. The summed E-state index contributed by atoms with van der Waals surface area (Å²) in [6.07, 6.45) is 6.70. The third-order valence-electron chi connectivity index (χ3n) is 3.41. The molecule has 1 aromatic heterocycles. The van der Waals surface area contributed by atoms with Crippen molar-refractivity contribution < 1.29 is 9.53 Å². The minimum atomic E-state index is -0.488. The molecule has 0 saturated carbocycles. The van der Waals surface area contributed by atoms with E-state index >= 15 is 0 Å². The second kappa shape index (κ2) is 7.86. The predicted octanol–water partition coefficient (Wildman–Crippen LogP) is 3.66. The number of ether oxygens (including phenoxy) is 1. The Morgan fingerprint density at radius 1 is 1.17 bits per heavy atom. The lowest BCUT2D eigenvalue weighted by molar-refractivity contribution is -0.158. The van der Waals surface area contributed by atoms with Crippen molar-refractivity contribution in [2.45, 2.75) is 79.0 Å². The van der Waals surface area contributed by atoms with Crippen LogP contribution in [0.15, 0.2) is 18.7 Å². The summed E-state index contributed by atoms with van der Waals surface area (Å²) in [5.74, 6) is -0.203. The van der Waals surface area contributed by atoms with E-state index in [1.54, 1.807) is 12.4 Å². The van der Waals surface area contributed by atoms with E-state index in [1.165, 1.54) is 6.33 Å². The van der Waals surface area contributed by atoms with Gasteiger partial charge in [-0.25, -0.2) is 9.97 Å². The van der Waals surface area contributed by atoms with Crippen LogP contribution in [-0.4, -0.2) is 27.6 Å². The number of aromatic nitrogens is 2. The highest BCUT2D eigenvalue weighted by atomic mass is 16.6. The number of esters is 1. The first-order chi connectivity index (χ1) is 10.5. The zero-order valence-electron chi connectivity index (χ0n) is 15.5. The maximum absolute atomic E-state index is 12.5. The molecule has 0 radical (unpaired) electrons. The van der Waals surface area contributed by atoms with Gasteiger partial charge in [0.15, 0.2) is 0 Å². The number of hydrogen-bond acceptors (Lipinski definition) is 5. The van der Waals surface area contributed by atoms with Gasteiger partial charge in [-0.1, -0.05) is 20.8 Å². The fourth-order valence-corrected chi connectivity index (χ4v) is 2.15. The quantitative estimate of drug-likeness (QED) is 0.810. The first-order valence-corrected chi connectivity index (χ1v) is 8.22. The first-order valence-electron chi connectivity index (χ1n) is 8.22. The molecule has 5 heteroatoms. The van der Waals surface area contributed by atoms with Gasteiger partial charge in [0.1, 0.15) is 18.0 Å². The van der Waals surface area contributed by atoms with Crippen LogP contribution >= 0.6 is 0 Å². The molecule has 1 unspecified atom stereocenters. The number of rotatable bonds is 6. The fraction of sp³-hybridized carbons (Fsp3) is 0.722. The standard InChI is InChI=1S/C18H31N3O2/c1-13(14-10-19-12-20-11-14)21-15(8-9-17(2,3)4)16(22)23-18(5,6)7/h10-13,15,21H,8-9H2,1-7H3/t13?,15-/m0/s1. The Bertz CT molecular complexity index is 489. The van der Waals surface area contributed by atoms with Crippen LogP contribution in [0.25, 0.3) is 0 Å². The molecule has 1 N–H and O–H groups in total. The van der Waals surface area contributed by atoms with E-state index in [9.17, 15) is 4.79 Å². The number of nitrogens with zero attached hydrogens (tertiary/aromatic N) is 2. The Morgan fingerprint density at radius 2 is 1.74 bits per heavy atom. The average Bonchev–Trinajstić information content (AvgIpc) is 2.41. The van der Waals surface area contributed by atoms with Crippen LogP contribution in [0.5, 0.6) is 0 Å². The van der Waals surface area contributed by atoms with Crippen molar-refractivity contribution in [3.05, 3.63) is 24.3 Å². The lowest BCUT2D eigenvalue weighted by Crippen LogP contribution is -2.43. The van der Waals surface area contributed by atoms with E-state index in [2.05, 4.69) is 36.1 Å². The Kier molecular flexibility index (Phi) is 6.69. The second-order valence-corrected chi connectivity index (χ2v) is 8.25. The summed E-state index contributed by atoms with van der Waals surface area (Å²) < 4.78 is 5.57. The summed E-state index contributed by atoms with van der Waals surface area (Å²) in [7, 11) is 0. The van der Waals surface area contributed by atoms with Gasteiger partial charge in [-0.3, -0.25) is 10.1 Å². The first kappa shape index (κ1) is 19.6. The molecule has 5 nitrogen and oxygen atoms in total. The SMILES string of the molecule is CC(N[C@@H](CCC(C)(C)C)C(=O)OC(C)(C)C)c1cncnc1. The van der Waals surface area contributed by atoms with Gasteiger partial charge in [-0.15, -0.1) is 0 Å². The molecule has 0 amide bonds. The minimum absolute atomic E-state index is 0.0197. The van der Waals surface area contributed by atoms with Crippen molar-refractivity contribution in [1.82, 2.24) is 15.3 Å². The zero-order chi connectivity index (χ0) is 17.7. The predicted molar refractivity (Wildman–Crippen MR) is 91.9 cm³/mol. The van der Waals surface area contributed by atoms with Gasteiger partial charge in [0.05, 0.1) is 0 Å². The summed E-state index contributed by atoms with van der Waals surface area (Å²) in [5.41, 5.74) is 0.635. The van der Waals surface area contributed by atoms with Crippen LogP contribution in [0.2, 0.25) is 0 Å². The van der Waals surface area contributed by atoms with Gasteiger partial charge in [0.2, 0.25) is 0 Å². The van der Waals surface area contributed by atoms with Crippen LogP contribution in [-0.2, 0) is 9.53 Å². The van der Waals surface area contributed by atoms with E-state index in [4.69, 9.17) is 4.74 Å². The molecule has 1 rings (SSSR count). The highest BCUT2D eigenvalue weighted by molar-refractivity contribution is 5.76. The second-order valence-electron chi connectivity index (χ2n) is 8.25. The minimum Gasteiger partial charge on any atom is -0.459 e. The largest absolute Gasteiger partial charge is 0.459 e. The van der Waals surface area contributed by atoms with Gasteiger partial charge in [-0.2, -0.15) is 0 Å². The lowest BCUT2D eigenvalue weighted by atomic mass is 9.88. The number of carbonyl (C=O) groups is 1. The molecule has 0 aromatic carbocycles. The monoisotopic (exact) mass is 321 g/mol. The third kappa shape index (κ3) is 8.07. The number of hydrogen-bond donors (Lipinski definition) is 1. The topological polar surface area (TPSA) is 64.1 Å². The van der Waals surface area contributed by atoms with Crippen LogP contribution in [0, 0.1) is 5.41 Å². The molecule has 0 aliphatic rings. The molecular weight excluding hydrogens is 290 g/mol. The van der Waals surface area contributed by atoms with Gasteiger partial charge < -0.3 is 4.74 Å². The highest BCUT2D eigenvalue weighted by Crippen LogP contribution is 2.24. The third-order valence-corrected chi connectivity index (χ3v) is 3.41. The van der Waals surface area contributed by atoms with Crippen LogP contribution in [0.4, 0.5) is 0 Å². The Labute approximate surface area is 140 Å². The molecule has 1 aromatic rings. The molecule has 23 heavy (non-hydrogen) atoms. The van der Waals surface area contributed by atoms with E-state index in [0.717, 1.165) is 18.4 Å². The summed E-state index contributed by atoms with van der Waals surface area (Å²) in [6.45, 7) is 14.2. The van der Waals surface area contributed by atoms with Crippen LogP contribution < -0.4 is 5.32 Å². The maximum Gasteiger partial charge on any atom is 0.323 e. The fourth-order valence-electron chi connectivity index (χ4n) is 2.15. The molecule has 2 atom stereocenters. The van der Waals surface area contributed by atoms with E-state index in [-0.39, 0.29) is 23.5 Å². The van der Waals surface area contributed by atoms with Crippen LogP contribution in [0.1, 0.15) is 72.9 Å². The Morgan fingerprint density at radius 3 is 2.22 bits per heavy atom. The summed E-state index contributed by atoms with van der Waals surface area (Å²) in [4.78, 5) is 20.6. The molecule has 0 saturated heterocycles. The van der Waals surface area contributed by atoms with E-state index < -0.39 is 5.60 Å². The average molecular weight is 321 g/mol. The van der Waals surface area contributed by atoms with Crippen molar-refractivity contribution in [2.24, 2.45) is 5.41 Å². The van der Waals surface area contributed by atoms with Gasteiger partial charge in [0, 0.05) is 24.0 Å². The lowest BCUT2D eigenvalue weighted by Gasteiger charge is -2.28. The summed E-state index contributed by atoms with van der Waals surface area (Å²) >= 11 is 0. The highest BCUT2D eigenvalue weighted by Gasteiger charge is 2.28. The van der Waals surface area contributed by atoms with Crippen molar-refractivity contribution in [2.75, 3.05) is 0 Å². The molecule has 0 fully saturated rings. The molecule has 0 bridgehead atoms. The van der Waals surface area contributed by atoms with E-state index in [1.807, 2.05) is 27.7 Å². The van der Waals surface area contributed by atoms with Crippen molar-refractivity contribution in [1.29, 1.82) is 0 Å². The van der Waals surface area contributed by atoms with Gasteiger partial charge >= 0.3 is 5.97 Å². The van der Waals surface area contributed by atoms with Crippen LogP contribution in [0.3, 0.4) is 0 Å². The Balaban J connectivity index is 2.79. The summed E-state index contributed by atoms with van der Waals surface area (Å²) in [6, 6.07) is -0.364. The zero-order valence-corrected chi connectivity index (χ0v) is 15.5. The van der Waals surface area contributed by atoms with Crippen molar-refractivity contribution in [3.63, 3.8) is 0 Å².